The molecule has 1 saturated heterocycles. The first-order chi connectivity index (χ1) is 8.31. The Morgan fingerprint density at radius 1 is 1.35 bits per heavy atom. The van der Waals surface area contributed by atoms with Gasteiger partial charge in [-0.15, -0.1) is 0 Å². The Morgan fingerprint density at radius 3 is 2.82 bits per heavy atom. The average Bonchev–Trinajstić information content (AvgIpc) is 2.78. The number of hydrogen-bond donors (Lipinski definition) is 1. The summed E-state index contributed by atoms with van der Waals surface area (Å²) in [5.41, 5.74) is 1.42. The van der Waals surface area contributed by atoms with Crippen LogP contribution in [-0.2, 0) is 4.74 Å². The quantitative estimate of drug-likeness (QED) is 0.844. The van der Waals surface area contributed by atoms with Gasteiger partial charge in [-0.25, -0.2) is 0 Å². The number of hydrogen-bond acceptors (Lipinski definition) is 2. The van der Waals surface area contributed by atoms with E-state index in [1.54, 1.807) is 0 Å². The van der Waals surface area contributed by atoms with E-state index in [0.29, 0.717) is 17.9 Å². The van der Waals surface area contributed by atoms with Gasteiger partial charge in [0, 0.05) is 13.2 Å². The molecular formula is C15H23NO. The second-order valence-electron chi connectivity index (χ2n) is 5.06. The van der Waals surface area contributed by atoms with Crippen molar-refractivity contribution in [3.8, 4) is 0 Å². The molecule has 1 aromatic carbocycles. The van der Waals surface area contributed by atoms with Crippen LogP contribution >= 0.6 is 0 Å². The predicted octanol–water partition coefficient (Wildman–Crippen LogP) is 2.80. The summed E-state index contributed by atoms with van der Waals surface area (Å²) in [6.07, 6.45) is 2.77. The van der Waals surface area contributed by atoms with Crippen molar-refractivity contribution in [1.29, 1.82) is 0 Å². The van der Waals surface area contributed by atoms with Crippen LogP contribution in [-0.4, -0.2) is 26.3 Å². The van der Waals surface area contributed by atoms with Crippen molar-refractivity contribution in [1.82, 2.24) is 5.32 Å². The van der Waals surface area contributed by atoms with Gasteiger partial charge in [0.2, 0.25) is 0 Å². The van der Waals surface area contributed by atoms with Crippen LogP contribution in [0.1, 0.15) is 31.2 Å². The zero-order chi connectivity index (χ0) is 12.1. The Morgan fingerprint density at radius 2 is 2.12 bits per heavy atom. The second kappa shape index (κ2) is 6.18. The normalized spacial score (nSPS) is 26.0. The van der Waals surface area contributed by atoms with Crippen LogP contribution < -0.4 is 5.32 Å². The fraction of sp³-hybridized carbons (Fsp3) is 0.600. The molecule has 3 atom stereocenters. The van der Waals surface area contributed by atoms with E-state index >= 15 is 0 Å². The fourth-order valence-electron chi connectivity index (χ4n) is 2.72. The third-order valence-electron chi connectivity index (χ3n) is 3.77. The molecule has 0 bridgehead atoms. The van der Waals surface area contributed by atoms with Gasteiger partial charge in [-0.2, -0.15) is 0 Å². The van der Waals surface area contributed by atoms with Gasteiger partial charge in [0.1, 0.15) is 0 Å². The molecule has 1 N–H and O–H groups in total. The summed E-state index contributed by atoms with van der Waals surface area (Å²) in [7, 11) is 2.02. The van der Waals surface area contributed by atoms with E-state index in [0.717, 1.165) is 19.6 Å². The molecule has 0 aromatic heterocycles. The van der Waals surface area contributed by atoms with Gasteiger partial charge in [0.25, 0.3) is 0 Å². The number of rotatable bonds is 5. The Labute approximate surface area is 104 Å². The maximum atomic E-state index is 5.87. The van der Waals surface area contributed by atoms with Crippen LogP contribution in [0.5, 0.6) is 0 Å². The first-order valence-electron chi connectivity index (χ1n) is 6.62. The van der Waals surface area contributed by atoms with Crippen molar-refractivity contribution in [3.63, 3.8) is 0 Å². The first kappa shape index (κ1) is 12.6. The highest BCUT2D eigenvalue weighted by molar-refractivity contribution is 5.18. The Kier molecular flexibility index (Phi) is 4.57. The fourth-order valence-corrected chi connectivity index (χ4v) is 2.72. The van der Waals surface area contributed by atoms with Gasteiger partial charge < -0.3 is 10.1 Å². The maximum Gasteiger partial charge on any atom is 0.0622 e. The molecule has 0 radical (unpaired) electrons. The lowest BCUT2D eigenvalue weighted by Crippen LogP contribution is -2.27. The summed E-state index contributed by atoms with van der Waals surface area (Å²) in [5, 5.41) is 3.27. The highest BCUT2D eigenvalue weighted by Crippen LogP contribution is 2.30. The van der Waals surface area contributed by atoms with Crippen LogP contribution in [0.4, 0.5) is 0 Å². The lowest BCUT2D eigenvalue weighted by molar-refractivity contribution is 0.0788. The lowest BCUT2D eigenvalue weighted by atomic mass is 9.89. The molecule has 17 heavy (non-hydrogen) atoms. The van der Waals surface area contributed by atoms with Crippen LogP contribution in [0.3, 0.4) is 0 Å². The van der Waals surface area contributed by atoms with Crippen molar-refractivity contribution in [3.05, 3.63) is 35.9 Å². The molecule has 1 aromatic rings. The summed E-state index contributed by atoms with van der Waals surface area (Å²) in [5.74, 6) is 1.27. The molecule has 1 aliphatic rings. The third kappa shape index (κ3) is 3.30. The largest absolute Gasteiger partial charge is 0.378 e. The summed E-state index contributed by atoms with van der Waals surface area (Å²) in [6.45, 7) is 4.30. The standard InChI is InChI=1S/C15H23NO/c1-12(13-6-4-3-5-7-13)10-15-14(11-16-2)8-9-17-15/h3-7,12,14-16H,8-11H2,1-2H3. The number of nitrogens with one attached hydrogen (secondary N) is 1. The lowest BCUT2D eigenvalue weighted by Gasteiger charge is -2.22. The van der Waals surface area contributed by atoms with Gasteiger partial charge in [0.05, 0.1) is 6.10 Å². The second-order valence-corrected chi connectivity index (χ2v) is 5.06. The van der Waals surface area contributed by atoms with Gasteiger partial charge in [0.15, 0.2) is 0 Å². The molecule has 0 amide bonds. The molecule has 94 valence electrons. The van der Waals surface area contributed by atoms with Crippen LogP contribution in [0.25, 0.3) is 0 Å². The molecule has 2 rings (SSSR count). The molecular weight excluding hydrogens is 210 g/mol. The van der Waals surface area contributed by atoms with Crippen molar-refractivity contribution >= 4 is 0 Å². The van der Waals surface area contributed by atoms with Crippen molar-refractivity contribution in [2.45, 2.75) is 31.8 Å². The van der Waals surface area contributed by atoms with E-state index in [4.69, 9.17) is 4.74 Å². The van der Waals surface area contributed by atoms with Gasteiger partial charge in [-0.05, 0) is 37.3 Å². The Hall–Kier alpha value is -0.860. The van der Waals surface area contributed by atoms with E-state index in [9.17, 15) is 0 Å². The zero-order valence-electron chi connectivity index (χ0n) is 10.9. The van der Waals surface area contributed by atoms with Gasteiger partial charge in [-0.3, -0.25) is 0 Å². The van der Waals surface area contributed by atoms with E-state index in [1.807, 2.05) is 7.05 Å². The van der Waals surface area contributed by atoms with Gasteiger partial charge >= 0.3 is 0 Å². The third-order valence-corrected chi connectivity index (χ3v) is 3.77. The van der Waals surface area contributed by atoms with E-state index in [2.05, 4.69) is 42.6 Å². The topological polar surface area (TPSA) is 21.3 Å². The molecule has 0 saturated carbocycles. The summed E-state index contributed by atoms with van der Waals surface area (Å²) >= 11 is 0. The minimum absolute atomic E-state index is 0.428. The van der Waals surface area contributed by atoms with Crippen LogP contribution in [0, 0.1) is 5.92 Å². The molecule has 2 heteroatoms. The maximum absolute atomic E-state index is 5.87. The van der Waals surface area contributed by atoms with Crippen LogP contribution in [0.2, 0.25) is 0 Å². The summed E-state index contributed by atoms with van der Waals surface area (Å²) in [6, 6.07) is 10.7. The van der Waals surface area contributed by atoms with E-state index in [-0.39, 0.29) is 0 Å². The number of benzene rings is 1. The predicted molar refractivity (Wildman–Crippen MR) is 71.2 cm³/mol. The monoisotopic (exact) mass is 233 g/mol. The van der Waals surface area contributed by atoms with E-state index in [1.165, 1.54) is 12.0 Å². The van der Waals surface area contributed by atoms with E-state index < -0.39 is 0 Å². The highest BCUT2D eigenvalue weighted by Gasteiger charge is 2.29. The summed E-state index contributed by atoms with van der Waals surface area (Å²) in [4.78, 5) is 0. The SMILES string of the molecule is CNCC1CCOC1CC(C)c1ccccc1. The Balaban J connectivity index is 1.92. The van der Waals surface area contributed by atoms with Crippen molar-refractivity contribution in [2.24, 2.45) is 5.92 Å². The Bertz CT molecular complexity index is 325. The minimum Gasteiger partial charge on any atom is -0.378 e. The first-order valence-corrected chi connectivity index (χ1v) is 6.62. The molecule has 0 spiro atoms. The molecule has 1 fully saturated rings. The minimum atomic E-state index is 0.428. The zero-order valence-corrected chi connectivity index (χ0v) is 10.9. The molecule has 1 aliphatic heterocycles. The van der Waals surface area contributed by atoms with Crippen molar-refractivity contribution in [2.75, 3.05) is 20.2 Å². The number of ether oxygens (including phenoxy) is 1. The van der Waals surface area contributed by atoms with Crippen LogP contribution in [0.15, 0.2) is 30.3 Å². The van der Waals surface area contributed by atoms with Crippen molar-refractivity contribution < 1.29 is 4.74 Å². The van der Waals surface area contributed by atoms with Gasteiger partial charge in [-0.1, -0.05) is 37.3 Å². The highest BCUT2D eigenvalue weighted by atomic mass is 16.5. The molecule has 2 nitrogen and oxygen atoms in total. The smallest absolute Gasteiger partial charge is 0.0622 e. The average molecular weight is 233 g/mol. The summed E-state index contributed by atoms with van der Waals surface area (Å²) < 4.78 is 5.87. The molecule has 1 heterocycles. The molecule has 3 unspecified atom stereocenters. The molecule has 0 aliphatic carbocycles.